The summed E-state index contributed by atoms with van der Waals surface area (Å²) in [5.74, 6) is 2.34. The van der Waals surface area contributed by atoms with Gasteiger partial charge in [-0.1, -0.05) is 0 Å². The fraction of sp³-hybridized carbons (Fsp3) is 0.480. The Labute approximate surface area is 203 Å². The van der Waals surface area contributed by atoms with Gasteiger partial charge in [0.25, 0.3) is 0 Å². The maximum absolute atomic E-state index is 13.0. The molecule has 0 unspecified atom stereocenters. The van der Waals surface area contributed by atoms with E-state index in [4.69, 9.17) is 23.9 Å². The van der Waals surface area contributed by atoms with Crippen LogP contribution in [0.1, 0.15) is 18.5 Å². The van der Waals surface area contributed by atoms with E-state index >= 15 is 0 Å². The van der Waals surface area contributed by atoms with E-state index in [-0.39, 0.29) is 24.9 Å². The molecular formula is C25H29N5O5. The van der Waals surface area contributed by atoms with E-state index in [0.717, 1.165) is 60.9 Å². The number of aromatic nitrogens is 3. The van der Waals surface area contributed by atoms with Crippen LogP contribution in [0.5, 0.6) is 11.5 Å². The molecule has 2 aromatic heterocycles. The Balaban J connectivity index is 1.16. The van der Waals surface area contributed by atoms with Crippen LogP contribution in [0.3, 0.4) is 0 Å². The van der Waals surface area contributed by atoms with Gasteiger partial charge >= 0.3 is 0 Å². The third-order valence-electron chi connectivity index (χ3n) is 6.95. The number of likely N-dealkylation sites (tertiary alicyclic amines) is 1. The van der Waals surface area contributed by atoms with Gasteiger partial charge in [-0.15, -0.1) is 0 Å². The number of hydrogen-bond donors (Lipinski definition) is 0. The molecule has 35 heavy (non-hydrogen) atoms. The predicted molar refractivity (Wildman–Crippen MR) is 126 cm³/mol. The van der Waals surface area contributed by atoms with Gasteiger partial charge in [-0.05, 0) is 50.2 Å². The summed E-state index contributed by atoms with van der Waals surface area (Å²) in [5.41, 5.74) is 2.93. The summed E-state index contributed by atoms with van der Waals surface area (Å²) in [4.78, 5) is 26.4. The van der Waals surface area contributed by atoms with Gasteiger partial charge in [0.1, 0.15) is 0 Å². The second kappa shape index (κ2) is 9.44. The van der Waals surface area contributed by atoms with Crippen LogP contribution in [0.2, 0.25) is 0 Å². The molecule has 3 aromatic rings. The summed E-state index contributed by atoms with van der Waals surface area (Å²) in [6.07, 6.45) is 5.10. The number of amides is 1. The molecule has 0 saturated carbocycles. The second-order valence-electron chi connectivity index (χ2n) is 9.21. The van der Waals surface area contributed by atoms with Gasteiger partial charge in [-0.2, -0.15) is 0 Å². The van der Waals surface area contributed by atoms with E-state index in [2.05, 4.69) is 9.88 Å². The summed E-state index contributed by atoms with van der Waals surface area (Å²) in [6, 6.07) is 7.83. The second-order valence-corrected chi connectivity index (χ2v) is 9.21. The summed E-state index contributed by atoms with van der Waals surface area (Å²) in [7, 11) is 1.84. The third-order valence-corrected chi connectivity index (χ3v) is 6.95. The number of hydrogen-bond acceptors (Lipinski definition) is 8. The molecule has 0 spiro atoms. The van der Waals surface area contributed by atoms with Crippen LogP contribution < -0.4 is 9.47 Å². The molecule has 5 heterocycles. The number of carbonyl (C=O) groups excluding carboxylic acids is 1. The number of imidazole rings is 1. The average Bonchev–Trinajstić information content (AvgIpc) is 3.64. The lowest BCUT2D eigenvalue weighted by Crippen LogP contribution is -2.43. The monoisotopic (exact) mass is 479 g/mol. The van der Waals surface area contributed by atoms with Crippen LogP contribution >= 0.6 is 0 Å². The largest absolute Gasteiger partial charge is 0.454 e. The Hall–Kier alpha value is -3.21. The van der Waals surface area contributed by atoms with Crippen molar-refractivity contribution in [2.24, 2.45) is 5.92 Å². The number of ether oxygens (including phenoxy) is 4. The predicted octanol–water partition coefficient (Wildman–Crippen LogP) is 2.17. The molecule has 0 radical (unpaired) electrons. The molecule has 2 fully saturated rings. The van der Waals surface area contributed by atoms with Crippen molar-refractivity contribution in [1.29, 1.82) is 0 Å². The van der Waals surface area contributed by atoms with Crippen molar-refractivity contribution in [2.45, 2.75) is 25.7 Å². The summed E-state index contributed by atoms with van der Waals surface area (Å²) in [6.45, 7) is 4.31. The van der Waals surface area contributed by atoms with Gasteiger partial charge < -0.3 is 23.8 Å². The maximum atomic E-state index is 13.0. The van der Waals surface area contributed by atoms with Crippen molar-refractivity contribution in [1.82, 2.24) is 24.2 Å². The highest BCUT2D eigenvalue weighted by Crippen LogP contribution is 2.37. The maximum Gasteiger partial charge on any atom is 0.234 e. The molecule has 184 valence electrons. The topological polar surface area (TPSA) is 90.7 Å². The molecule has 1 aromatic carbocycles. The van der Waals surface area contributed by atoms with Crippen molar-refractivity contribution < 1.29 is 23.7 Å². The first kappa shape index (κ1) is 22.3. The van der Waals surface area contributed by atoms with Crippen LogP contribution in [0, 0.1) is 5.92 Å². The number of fused-ring (bicyclic) bond motifs is 2. The van der Waals surface area contributed by atoms with Crippen LogP contribution in [-0.2, 0) is 20.8 Å². The zero-order valence-electron chi connectivity index (χ0n) is 19.8. The molecule has 0 bridgehead atoms. The fourth-order valence-electron chi connectivity index (χ4n) is 5.05. The van der Waals surface area contributed by atoms with E-state index < -0.39 is 0 Å². The molecule has 0 aliphatic carbocycles. The van der Waals surface area contributed by atoms with E-state index in [1.807, 2.05) is 41.9 Å². The number of carbonyl (C=O) groups is 1. The minimum absolute atomic E-state index is 0.0230. The molecule has 3 aliphatic rings. The lowest BCUT2D eigenvalue weighted by Gasteiger charge is -2.33. The van der Waals surface area contributed by atoms with E-state index in [1.165, 1.54) is 0 Å². The van der Waals surface area contributed by atoms with E-state index in [9.17, 15) is 4.79 Å². The van der Waals surface area contributed by atoms with Gasteiger partial charge in [0.15, 0.2) is 17.8 Å². The van der Waals surface area contributed by atoms with Crippen LogP contribution in [0.15, 0.2) is 36.7 Å². The van der Waals surface area contributed by atoms with Gasteiger partial charge in [0, 0.05) is 37.5 Å². The van der Waals surface area contributed by atoms with Crippen LogP contribution in [0.25, 0.3) is 17.0 Å². The van der Waals surface area contributed by atoms with Gasteiger partial charge in [-0.3, -0.25) is 14.1 Å². The van der Waals surface area contributed by atoms with Crippen LogP contribution in [-0.4, -0.2) is 83.1 Å². The highest BCUT2D eigenvalue weighted by molar-refractivity contribution is 5.78. The Bertz CT molecular complexity index is 1220. The molecular weight excluding hydrogens is 450 g/mol. The van der Waals surface area contributed by atoms with Gasteiger partial charge in [0.2, 0.25) is 18.5 Å². The van der Waals surface area contributed by atoms with Crippen molar-refractivity contribution >= 4 is 11.7 Å². The first-order valence-electron chi connectivity index (χ1n) is 12.1. The summed E-state index contributed by atoms with van der Waals surface area (Å²) < 4.78 is 24.1. The number of likely N-dealkylation sites (N-methyl/N-ethyl adjacent to an activating group) is 1. The number of piperidine rings is 1. The molecule has 6 rings (SSSR count). The van der Waals surface area contributed by atoms with Gasteiger partial charge in [0.05, 0.1) is 31.1 Å². The third kappa shape index (κ3) is 4.44. The fourth-order valence-corrected chi connectivity index (χ4v) is 5.05. The normalized spacial score (nSPS) is 19.0. The Morgan fingerprint density at radius 2 is 1.94 bits per heavy atom. The molecule has 10 nitrogen and oxygen atoms in total. The first-order valence-corrected chi connectivity index (χ1v) is 12.1. The zero-order chi connectivity index (χ0) is 23.8. The zero-order valence-corrected chi connectivity index (χ0v) is 19.8. The highest BCUT2D eigenvalue weighted by Gasteiger charge is 2.30. The minimum atomic E-state index is -0.303. The van der Waals surface area contributed by atoms with Crippen molar-refractivity contribution in [3.8, 4) is 22.8 Å². The average molecular weight is 480 g/mol. The molecule has 1 amide bonds. The Morgan fingerprint density at radius 1 is 1.14 bits per heavy atom. The quantitative estimate of drug-likeness (QED) is 0.531. The minimum Gasteiger partial charge on any atom is -0.454 e. The molecule has 0 N–H and O–H groups in total. The number of benzene rings is 1. The number of rotatable bonds is 6. The molecule has 10 heteroatoms. The lowest BCUT2D eigenvalue weighted by molar-refractivity contribution is -0.141. The lowest BCUT2D eigenvalue weighted by atomic mass is 9.95. The smallest absolute Gasteiger partial charge is 0.234 e. The van der Waals surface area contributed by atoms with Crippen molar-refractivity contribution in [3.05, 3.63) is 42.4 Å². The standard InChI is InChI=1S/C25H29N5O5/c1-28(15-22-32-11-12-33-22)24(31)17-5-9-29(10-6-17)14-19-23(27-25-26-7-2-8-30(19)25)18-3-4-20-21(13-18)35-16-34-20/h2-4,7-8,13,17,22H,5-6,9-12,14-16H2,1H3. The Morgan fingerprint density at radius 3 is 2.77 bits per heavy atom. The van der Waals surface area contributed by atoms with Gasteiger partial charge in [-0.25, -0.2) is 9.97 Å². The molecule has 0 atom stereocenters. The molecule has 3 aliphatic heterocycles. The SMILES string of the molecule is CN(CC1OCCO1)C(=O)C1CCN(Cc2c(-c3ccc4c(c3)OCO4)nc3ncccn23)CC1. The van der Waals surface area contributed by atoms with Crippen molar-refractivity contribution in [2.75, 3.05) is 46.7 Å². The Kier molecular flexibility index (Phi) is 6.01. The summed E-state index contributed by atoms with van der Waals surface area (Å²) in [5, 5.41) is 0. The van der Waals surface area contributed by atoms with E-state index in [1.54, 1.807) is 11.1 Å². The van der Waals surface area contributed by atoms with E-state index in [0.29, 0.717) is 25.5 Å². The molecule has 2 saturated heterocycles. The summed E-state index contributed by atoms with van der Waals surface area (Å²) >= 11 is 0. The first-order chi connectivity index (χ1) is 17.2. The number of nitrogens with zero attached hydrogens (tertiary/aromatic N) is 5. The van der Waals surface area contributed by atoms with Crippen molar-refractivity contribution in [3.63, 3.8) is 0 Å². The highest BCUT2D eigenvalue weighted by atomic mass is 16.7. The van der Waals surface area contributed by atoms with Crippen LogP contribution in [0.4, 0.5) is 0 Å².